The predicted octanol–water partition coefficient (Wildman–Crippen LogP) is 1.66. The van der Waals surface area contributed by atoms with Crippen molar-refractivity contribution in [3.05, 3.63) is 35.7 Å². The van der Waals surface area contributed by atoms with Gasteiger partial charge in [-0.3, -0.25) is 0 Å². The van der Waals surface area contributed by atoms with Crippen LogP contribution in [-0.2, 0) is 5.41 Å². The summed E-state index contributed by atoms with van der Waals surface area (Å²) in [7, 11) is 0. The maximum Gasteiger partial charge on any atom is 0.376 e. The maximum atomic E-state index is 10.9. The third-order valence-electron chi connectivity index (χ3n) is 2.64. The van der Waals surface area contributed by atoms with Gasteiger partial charge in [0.15, 0.2) is 0 Å². The molecule has 0 aliphatic carbocycles. The molecule has 0 aliphatic rings. The molecule has 1 aromatic carbocycles. The number of aromatic carboxylic acids is 1. The highest BCUT2D eigenvalue weighted by Gasteiger charge is 2.17. The van der Waals surface area contributed by atoms with E-state index in [0.29, 0.717) is 5.69 Å². The van der Waals surface area contributed by atoms with E-state index in [9.17, 15) is 4.79 Å². The van der Waals surface area contributed by atoms with Gasteiger partial charge in [0.05, 0.1) is 5.69 Å². The Balaban J connectivity index is 2.41. The second-order valence-electron chi connectivity index (χ2n) is 5.02. The highest BCUT2D eigenvalue weighted by Crippen LogP contribution is 2.23. The predicted molar refractivity (Wildman–Crippen MR) is 64.8 cm³/mol. The second-order valence-corrected chi connectivity index (χ2v) is 5.02. The normalized spacial score (nSPS) is 11.5. The Labute approximate surface area is 104 Å². The number of carbonyl (C=O) groups is 1. The third-order valence-corrected chi connectivity index (χ3v) is 2.64. The van der Waals surface area contributed by atoms with E-state index in [1.165, 1.54) is 4.68 Å². The van der Waals surface area contributed by atoms with E-state index < -0.39 is 5.97 Å². The first-order valence-electron chi connectivity index (χ1n) is 5.52. The molecule has 0 saturated heterocycles. The van der Waals surface area contributed by atoms with E-state index in [4.69, 9.17) is 5.11 Å². The molecular weight excluding hydrogens is 232 g/mol. The number of carboxylic acid groups (broad SMARTS) is 1. The zero-order chi connectivity index (χ0) is 13.3. The number of aromatic nitrogens is 4. The minimum atomic E-state index is -1.15. The molecule has 2 rings (SSSR count). The zero-order valence-electron chi connectivity index (χ0n) is 10.5. The molecule has 1 aromatic heterocycles. The van der Waals surface area contributed by atoms with Crippen molar-refractivity contribution in [3.63, 3.8) is 0 Å². The fourth-order valence-corrected chi connectivity index (χ4v) is 1.60. The van der Waals surface area contributed by atoms with Gasteiger partial charge in [-0.05, 0) is 33.5 Å². The Kier molecular flexibility index (Phi) is 2.86. The molecule has 94 valence electrons. The molecule has 0 bridgehead atoms. The van der Waals surface area contributed by atoms with E-state index >= 15 is 0 Å². The molecule has 0 saturated carbocycles. The number of tetrazole rings is 1. The second kappa shape index (κ2) is 4.21. The van der Waals surface area contributed by atoms with Crippen LogP contribution < -0.4 is 0 Å². The summed E-state index contributed by atoms with van der Waals surface area (Å²) in [4.78, 5) is 10.9. The highest BCUT2D eigenvalue weighted by molar-refractivity contribution is 5.83. The molecular formula is C12H14N4O2. The SMILES string of the molecule is CC(C)(C)c1ccc(-n2nnnc2C(=O)O)cc1. The smallest absolute Gasteiger partial charge is 0.376 e. The average Bonchev–Trinajstić information content (AvgIpc) is 2.77. The van der Waals surface area contributed by atoms with Gasteiger partial charge in [-0.1, -0.05) is 32.9 Å². The molecule has 0 fully saturated rings. The molecule has 6 heteroatoms. The van der Waals surface area contributed by atoms with Crippen LogP contribution in [0.3, 0.4) is 0 Å². The Morgan fingerprint density at radius 2 is 1.83 bits per heavy atom. The number of benzene rings is 1. The van der Waals surface area contributed by atoms with Crippen LogP contribution in [-0.4, -0.2) is 31.3 Å². The summed E-state index contributed by atoms with van der Waals surface area (Å²) in [6, 6.07) is 7.51. The van der Waals surface area contributed by atoms with Crippen LogP contribution in [0.2, 0.25) is 0 Å². The largest absolute Gasteiger partial charge is 0.475 e. The molecule has 2 aromatic rings. The minimum Gasteiger partial charge on any atom is -0.475 e. The van der Waals surface area contributed by atoms with Crippen molar-refractivity contribution in [2.24, 2.45) is 0 Å². The van der Waals surface area contributed by atoms with Crippen LogP contribution in [0.15, 0.2) is 24.3 Å². The summed E-state index contributed by atoms with van der Waals surface area (Å²) in [6.45, 7) is 6.34. The fourth-order valence-electron chi connectivity index (χ4n) is 1.60. The lowest BCUT2D eigenvalue weighted by Gasteiger charge is -2.19. The summed E-state index contributed by atoms with van der Waals surface area (Å²) >= 11 is 0. The van der Waals surface area contributed by atoms with Gasteiger partial charge in [-0.25, -0.2) is 4.79 Å². The Morgan fingerprint density at radius 1 is 1.22 bits per heavy atom. The molecule has 1 heterocycles. The molecule has 0 radical (unpaired) electrons. The van der Waals surface area contributed by atoms with Crippen LogP contribution in [0, 0.1) is 0 Å². The molecule has 0 spiro atoms. The van der Waals surface area contributed by atoms with E-state index in [1.54, 1.807) is 0 Å². The van der Waals surface area contributed by atoms with Crippen LogP contribution >= 0.6 is 0 Å². The molecule has 0 unspecified atom stereocenters. The van der Waals surface area contributed by atoms with Crippen LogP contribution in [0.5, 0.6) is 0 Å². The van der Waals surface area contributed by atoms with Crippen LogP contribution in [0.4, 0.5) is 0 Å². The summed E-state index contributed by atoms with van der Waals surface area (Å²) in [5.41, 5.74) is 1.84. The average molecular weight is 246 g/mol. The maximum absolute atomic E-state index is 10.9. The van der Waals surface area contributed by atoms with Crippen molar-refractivity contribution in [2.75, 3.05) is 0 Å². The van der Waals surface area contributed by atoms with Gasteiger partial charge in [-0.15, -0.1) is 5.10 Å². The molecule has 1 N–H and O–H groups in total. The minimum absolute atomic E-state index is 0.0504. The fraction of sp³-hybridized carbons (Fsp3) is 0.333. The van der Waals surface area contributed by atoms with Crippen LogP contribution in [0.1, 0.15) is 37.0 Å². The summed E-state index contributed by atoms with van der Waals surface area (Å²) < 4.78 is 1.20. The van der Waals surface area contributed by atoms with E-state index in [1.807, 2.05) is 24.3 Å². The number of hydrogen-bond acceptors (Lipinski definition) is 4. The quantitative estimate of drug-likeness (QED) is 0.871. The van der Waals surface area contributed by atoms with Crippen molar-refractivity contribution in [2.45, 2.75) is 26.2 Å². The van der Waals surface area contributed by atoms with Gasteiger partial charge in [0.25, 0.3) is 5.82 Å². The van der Waals surface area contributed by atoms with Gasteiger partial charge in [-0.2, -0.15) is 4.68 Å². The van der Waals surface area contributed by atoms with Gasteiger partial charge < -0.3 is 5.11 Å². The van der Waals surface area contributed by atoms with Gasteiger partial charge in [0, 0.05) is 0 Å². The first-order valence-corrected chi connectivity index (χ1v) is 5.52. The first-order chi connectivity index (χ1) is 8.39. The van der Waals surface area contributed by atoms with E-state index in [2.05, 4.69) is 36.3 Å². The Bertz CT molecular complexity index is 567. The van der Waals surface area contributed by atoms with Crippen molar-refractivity contribution < 1.29 is 9.90 Å². The number of rotatable bonds is 2. The standard InChI is InChI=1S/C12H14N4O2/c1-12(2,3)8-4-6-9(7-5-8)16-10(11(17)18)13-14-15-16/h4-7H,1-3H3,(H,17,18). The van der Waals surface area contributed by atoms with Gasteiger partial charge >= 0.3 is 5.97 Å². The monoisotopic (exact) mass is 246 g/mol. The molecule has 0 amide bonds. The Morgan fingerprint density at radius 3 is 2.33 bits per heavy atom. The summed E-state index contributed by atoms with van der Waals surface area (Å²) in [5, 5.41) is 19.4. The lowest BCUT2D eigenvalue weighted by atomic mass is 9.87. The van der Waals surface area contributed by atoms with Gasteiger partial charge in [0.2, 0.25) is 0 Å². The number of nitrogens with zero attached hydrogens (tertiary/aromatic N) is 4. The van der Waals surface area contributed by atoms with E-state index in [0.717, 1.165) is 5.56 Å². The molecule has 0 atom stereocenters. The van der Waals surface area contributed by atoms with Gasteiger partial charge in [0.1, 0.15) is 0 Å². The highest BCUT2D eigenvalue weighted by atomic mass is 16.4. The van der Waals surface area contributed by atoms with Crippen molar-refractivity contribution in [1.82, 2.24) is 20.2 Å². The third kappa shape index (κ3) is 2.22. The lowest BCUT2D eigenvalue weighted by Crippen LogP contribution is -2.12. The van der Waals surface area contributed by atoms with Crippen molar-refractivity contribution >= 4 is 5.97 Å². The van der Waals surface area contributed by atoms with Crippen LogP contribution in [0.25, 0.3) is 5.69 Å². The molecule has 18 heavy (non-hydrogen) atoms. The van der Waals surface area contributed by atoms with E-state index in [-0.39, 0.29) is 11.2 Å². The Hall–Kier alpha value is -2.24. The van der Waals surface area contributed by atoms with Crippen molar-refractivity contribution in [1.29, 1.82) is 0 Å². The molecule has 0 aliphatic heterocycles. The lowest BCUT2D eigenvalue weighted by molar-refractivity contribution is 0.0680. The topological polar surface area (TPSA) is 80.9 Å². The summed E-state index contributed by atoms with van der Waals surface area (Å²) in [5.74, 6) is -1.35. The first kappa shape index (κ1) is 12.2. The number of hydrogen-bond donors (Lipinski definition) is 1. The molecule has 6 nitrogen and oxygen atoms in total. The van der Waals surface area contributed by atoms with Crippen molar-refractivity contribution in [3.8, 4) is 5.69 Å². The zero-order valence-corrected chi connectivity index (χ0v) is 10.5. The number of carboxylic acids is 1. The summed E-state index contributed by atoms with van der Waals surface area (Å²) in [6.07, 6.45) is 0.